The SMILES string of the molecule is Cc1ccc(Cl)cc1Nc1ncnc2sc(C(=O)OCCc3ccccc3)c(C)c12. The van der Waals surface area contributed by atoms with Crippen molar-refractivity contribution < 1.29 is 9.53 Å². The summed E-state index contributed by atoms with van der Waals surface area (Å²) in [7, 11) is 0. The number of rotatable bonds is 6. The Hall–Kier alpha value is -2.96. The highest BCUT2D eigenvalue weighted by Gasteiger charge is 2.20. The van der Waals surface area contributed by atoms with E-state index < -0.39 is 0 Å². The smallest absolute Gasteiger partial charge is 0.348 e. The van der Waals surface area contributed by atoms with Crippen LogP contribution >= 0.6 is 22.9 Å². The number of esters is 1. The van der Waals surface area contributed by atoms with Crippen LogP contribution < -0.4 is 5.32 Å². The predicted molar refractivity (Wildman–Crippen MR) is 122 cm³/mol. The fraction of sp³-hybridized carbons (Fsp3) is 0.174. The number of hydrogen-bond acceptors (Lipinski definition) is 6. The molecule has 5 nitrogen and oxygen atoms in total. The lowest BCUT2D eigenvalue weighted by Gasteiger charge is -2.10. The zero-order valence-electron chi connectivity index (χ0n) is 16.6. The highest BCUT2D eigenvalue weighted by atomic mass is 35.5. The molecule has 2 aromatic heterocycles. The van der Waals surface area contributed by atoms with Gasteiger partial charge in [0, 0.05) is 17.1 Å². The summed E-state index contributed by atoms with van der Waals surface area (Å²) in [4.78, 5) is 22.7. The fourth-order valence-electron chi connectivity index (χ4n) is 3.19. The second-order valence-corrected chi connectivity index (χ2v) is 8.35. The number of ether oxygens (including phenoxy) is 1. The van der Waals surface area contributed by atoms with Crippen molar-refractivity contribution in [3.63, 3.8) is 0 Å². The molecule has 152 valence electrons. The van der Waals surface area contributed by atoms with Gasteiger partial charge in [-0.3, -0.25) is 0 Å². The molecule has 0 unspecified atom stereocenters. The van der Waals surface area contributed by atoms with Crippen LogP contribution in [0.15, 0.2) is 54.9 Å². The highest BCUT2D eigenvalue weighted by Crippen LogP contribution is 2.35. The first-order chi connectivity index (χ1) is 14.5. The number of carbonyl (C=O) groups excluding carboxylic acids is 1. The van der Waals surface area contributed by atoms with E-state index in [1.54, 1.807) is 0 Å². The van der Waals surface area contributed by atoms with Crippen LogP contribution in [0.2, 0.25) is 5.02 Å². The van der Waals surface area contributed by atoms with Gasteiger partial charge in [0.2, 0.25) is 0 Å². The second kappa shape index (κ2) is 8.81. The lowest BCUT2D eigenvalue weighted by molar-refractivity contribution is 0.0514. The number of hydrogen-bond donors (Lipinski definition) is 1. The van der Waals surface area contributed by atoms with Crippen molar-refractivity contribution in [3.05, 3.63) is 81.4 Å². The number of nitrogens with one attached hydrogen (secondary N) is 1. The zero-order valence-corrected chi connectivity index (χ0v) is 18.2. The van der Waals surface area contributed by atoms with Crippen molar-refractivity contribution in [2.24, 2.45) is 0 Å². The maximum Gasteiger partial charge on any atom is 0.348 e. The first-order valence-electron chi connectivity index (χ1n) is 9.51. The van der Waals surface area contributed by atoms with Gasteiger partial charge < -0.3 is 10.1 Å². The molecule has 0 saturated carbocycles. The molecule has 0 amide bonds. The van der Waals surface area contributed by atoms with Gasteiger partial charge in [-0.2, -0.15) is 0 Å². The molecule has 0 aliphatic carbocycles. The van der Waals surface area contributed by atoms with Gasteiger partial charge in [0.1, 0.15) is 21.9 Å². The molecule has 0 saturated heterocycles. The minimum atomic E-state index is -0.337. The number of carbonyl (C=O) groups is 1. The van der Waals surface area contributed by atoms with E-state index in [1.165, 1.54) is 17.7 Å². The molecule has 2 aromatic carbocycles. The first-order valence-corrected chi connectivity index (χ1v) is 10.7. The summed E-state index contributed by atoms with van der Waals surface area (Å²) in [6, 6.07) is 15.6. The number of benzene rings is 2. The Labute approximate surface area is 183 Å². The van der Waals surface area contributed by atoms with Crippen LogP contribution in [-0.4, -0.2) is 22.5 Å². The Bertz CT molecular complexity index is 1210. The van der Waals surface area contributed by atoms with Gasteiger partial charge in [-0.15, -0.1) is 11.3 Å². The summed E-state index contributed by atoms with van der Waals surface area (Å²) in [6.45, 7) is 4.22. The summed E-state index contributed by atoms with van der Waals surface area (Å²) < 4.78 is 5.52. The van der Waals surface area contributed by atoms with Gasteiger partial charge in [-0.05, 0) is 42.7 Å². The molecule has 4 aromatic rings. The molecule has 0 bridgehead atoms. The Morgan fingerprint density at radius 1 is 1.13 bits per heavy atom. The molecule has 0 fully saturated rings. The maximum absolute atomic E-state index is 12.7. The largest absolute Gasteiger partial charge is 0.461 e. The van der Waals surface area contributed by atoms with Crippen molar-refractivity contribution >= 4 is 50.6 Å². The lowest BCUT2D eigenvalue weighted by Crippen LogP contribution is -2.07. The molecule has 7 heteroatoms. The van der Waals surface area contributed by atoms with Crippen molar-refractivity contribution in [2.75, 3.05) is 11.9 Å². The van der Waals surface area contributed by atoms with Crippen LogP contribution in [-0.2, 0) is 11.2 Å². The summed E-state index contributed by atoms with van der Waals surface area (Å²) in [5.41, 5.74) is 3.84. The number of halogens is 1. The highest BCUT2D eigenvalue weighted by molar-refractivity contribution is 7.20. The average Bonchev–Trinajstić information content (AvgIpc) is 3.09. The second-order valence-electron chi connectivity index (χ2n) is 6.91. The van der Waals surface area contributed by atoms with E-state index in [9.17, 15) is 4.79 Å². The summed E-state index contributed by atoms with van der Waals surface area (Å²) in [5, 5.41) is 4.79. The summed E-state index contributed by atoms with van der Waals surface area (Å²) in [5.74, 6) is 0.304. The summed E-state index contributed by atoms with van der Waals surface area (Å²) in [6.07, 6.45) is 2.17. The van der Waals surface area contributed by atoms with Crippen LogP contribution in [0.3, 0.4) is 0 Å². The van der Waals surface area contributed by atoms with E-state index in [4.69, 9.17) is 16.3 Å². The summed E-state index contributed by atoms with van der Waals surface area (Å²) >= 11 is 7.46. The van der Waals surface area contributed by atoms with Gasteiger partial charge in [-0.1, -0.05) is 48.0 Å². The van der Waals surface area contributed by atoms with Gasteiger partial charge in [0.05, 0.1) is 12.0 Å². The Kier molecular flexibility index (Phi) is 5.97. The van der Waals surface area contributed by atoms with E-state index in [-0.39, 0.29) is 5.97 Å². The minimum Gasteiger partial charge on any atom is -0.461 e. The molecule has 4 rings (SSSR count). The Balaban J connectivity index is 1.57. The normalized spacial score (nSPS) is 10.9. The van der Waals surface area contributed by atoms with E-state index in [0.717, 1.165) is 32.6 Å². The number of anilines is 2. The van der Waals surface area contributed by atoms with Crippen molar-refractivity contribution in [2.45, 2.75) is 20.3 Å². The van der Waals surface area contributed by atoms with Crippen molar-refractivity contribution in [1.29, 1.82) is 0 Å². The molecule has 0 spiro atoms. The van der Waals surface area contributed by atoms with Crippen LogP contribution in [0.4, 0.5) is 11.5 Å². The van der Waals surface area contributed by atoms with E-state index in [1.807, 2.05) is 62.4 Å². The van der Waals surface area contributed by atoms with Gasteiger partial charge in [0.15, 0.2) is 0 Å². The molecule has 2 heterocycles. The van der Waals surface area contributed by atoms with Gasteiger partial charge >= 0.3 is 5.97 Å². The third-order valence-electron chi connectivity index (χ3n) is 4.83. The molecule has 0 atom stereocenters. The minimum absolute atomic E-state index is 0.328. The van der Waals surface area contributed by atoms with Gasteiger partial charge in [-0.25, -0.2) is 14.8 Å². The van der Waals surface area contributed by atoms with Crippen molar-refractivity contribution in [3.8, 4) is 0 Å². The Morgan fingerprint density at radius 3 is 2.73 bits per heavy atom. The third kappa shape index (κ3) is 4.30. The maximum atomic E-state index is 12.7. The zero-order chi connectivity index (χ0) is 21.1. The third-order valence-corrected chi connectivity index (χ3v) is 6.25. The van der Waals surface area contributed by atoms with E-state index >= 15 is 0 Å². The number of thiophene rings is 1. The molecule has 0 radical (unpaired) electrons. The van der Waals surface area contributed by atoms with E-state index in [0.29, 0.717) is 28.7 Å². The van der Waals surface area contributed by atoms with Crippen LogP contribution in [0.5, 0.6) is 0 Å². The quantitative estimate of drug-likeness (QED) is 0.369. The van der Waals surface area contributed by atoms with Gasteiger partial charge in [0.25, 0.3) is 0 Å². The lowest BCUT2D eigenvalue weighted by atomic mass is 10.1. The van der Waals surface area contributed by atoms with Crippen molar-refractivity contribution in [1.82, 2.24) is 9.97 Å². The molecular weight excluding hydrogens is 418 g/mol. The number of fused-ring (bicyclic) bond motifs is 1. The number of nitrogens with zero attached hydrogens (tertiary/aromatic N) is 2. The predicted octanol–water partition coefficient (Wildman–Crippen LogP) is 6.10. The molecule has 0 aliphatic heterocycles. The fourth-order valence-corrected chi connectivity index (χ4v) is 4.40. The monoisotopic (exact) mass is 437 g/mol. The number of aromatic nitrogens is 2. The molecule has 0 aliphatic rings. The first kappa shape index (κ1) is 20.3. The Morgan fingerprint density at radius 2 is 1.93 bits per heavy atom. The van der Waals surface area contributed by atoms with E-state index in [2.05, 4.69) is 15.3 Å². The topological polar surface area (TPSA) is 64.1 Å². The van der Waals surface area contributed by atoms with Crippen LogP contribution in [0.1, 0.15) is 26.4 Å². The molecular formula is C23H20ClN3O2S. The molecule has 1 N–H and O–H groups in total. The average molecular weight is 438 g/mol. The standard InChI is InChI=1S/C23H20ClN3O2S/c1-14-8-9-17(24)12-18(14)27-21-19-15(2)20(30-22(19)26-13-25-21)23(28)29-11-10-16-6-4-3-5-7-16/h3-9,12-13H,10-11H2,1-2H3,(H,25,26,27). The van der Waals surface area contributed by atoms with Crippen LogP contribution in [0.25, 0.3) is 10.2 Å². The number of aryl methyl sites for hydroxylation is 2. The molecule has 30 heavy (non-hydrogen) atoms. The van der Waals surface area contributed by atoms with Crippen LogP contribution in [0, 0.1) is 13.8 Å².